The summed E-state index contributed by atoms with van der Waals surface area (Å²) in [6.07, 6.45) is 2.43. The monoisotopic (exact) mass is 149 g/mol. The molecular weight excluding hydrogens is 144 g/mol. The molecule has 0 atom stereocenters. The number of carbonyl (C=O) groups excluding carboxylic acids is 1. The van der Waals surface area contributed by atoms with Gasteiger partial charge in [0.15, 0.2) is 0 Å². The summed E-state index contributed by atoms with van der Waals surface area (Å²) in [4.78, 5) is 10.6. The Morgan fingerprint density at radius 3 is 3.09 bits per heavy atom. The number of carbonyl (C=O) groups is 1. The minimum absolute atomic E-state index is 0.208. The Balaban J connectivity index is 2.98. The SMILES string of the molecule is N#C[CH]c1occc1C(N)=O. The zero-order valence-electron chi connectivity index (χ0n) is 5.57. The Labute approximate surface area is 63.2 Å². The van der Waals surface area contributed by atoms with E-state index in [0.717, 1.165) is 6.42 Å². The van der Waals surface area contributed by atoms with Crippen LogP contribution in [-0.2, 0) is 0 Å². The summed E-state index contributed by atoms with van der Waals surface area (Å²) < 4.78 is 4.79. The van der Waals surface area contributed by atoms with Crippen molar-refractivity contribution >= 4 is 5.91 Å². The van der Waals surface area contributed by atoms with Crippen molar-refractivity contribution in [3.8, 4) is 6.07 Å². The second kappa shape index (κ2) is 2.88. The van der Waals surface area contributed by atoms with Gasteiger partial charge >= 0.3 is 0 Å². The Kier molecular flexibility index (Phi) is 1.93. The number of hydrogen-bond donors (Lipinski definition) is 1. The van der Waals surface area contributed by atoms with E-state index in [2.05, 4.69) is 0 Å². The summed E-state index contributed by atoms with van der Waals surface area (Å²) in [7, 11) is 0. The molecule has 1 aromatic heterocycles. The number of furan rings is 1. The average Bonchev–Trinajstić information content (AvgIpc) is 2.36. The standard InChI is InChI=1S/C7H5N2O2/c8-3-1-6-5(7(9)10)2-4-11-6/h1-2,4H,(H2,9,10). The molecule has 0 spiro atoms. The van der Waals surface area contributed by atoms with Gasteiger partial charge in [-0.25, -0.2) is 0 Å². The minimum Gasteiger partial charge on any atom is -0.467 e. The van der Waals surface area contributed by atoms with E-state index >= 15 is 0 Å². The van der Waals surface area contributed by atoms with Crippen molar-refractivity contribution in [2.45, 2.75) is 0 Å². The van der Waals surface area contributed by atoms with Crippen LogP contribution in [0.25, 0.3) is 0 Å². The first kappa shape index (κ1) is 7.35. The van der Waals surface area contributed by atoms with Crippen molar-refractivity contribution in [1.82, 2.24) is 0 Å². The highest BCUT2D eigenvalue weighted by molar-refractivity contribution is 5.94. The molecule has 0 bridgehead atoms. The van der Waals surface area contributed by atoms with E-state index in [1.165, 1.54) is 12.3 Å². The zero-order valence-corrected chi connectivity index (χ0v) is 5.57. The van der Waals surface area contributed by atoms with Crippen LogP contribution in [0.5, 0.6) is 0 Å². The molecule has 2 N–H and O–H groups in total. The van der Waals surface area contributed by atoms with Gasteiger partial charge in [-0.1, -0.05) is 0 Å². The van der Waals surface area contributed by atoms with Crippen molar-refractivity contribution in [3.05, 3.63) is 30.1 Å². The fourth-order valence-electron chi connectivity index (χ4n) is 0.695. The predicted octanol–water partition coefficient (Wildman–Crippen LogP) is 0.454. The average molecular weight is 149 g/mol. The minimum atomic E-state index is -0.597. The van der Waals surface area contributed by atoms with Crippen LogP contribution in [-0.4, -0.2) is 5.91 Å². The maximum atomic E-state index is 10.6. The fourth-order valence-corrected chi connectivity index (χ4v) is 0.695. The lowest BCUT2D eigenvalue weighted by Crippen LogP contribution is -2.11. The summed E-state index contributed by atoms with van der Waals surface area (Å²) in [5.41, 5.74) is 5.19. The van der Waals surface area contributed by atoms with Crippen LogP contribution in [0.4, 0.5) is 0 Å². The van der Waals surface area contributed by atoms with E-state index in [1.807, 2.05) is 0 Å². The van der Waals surface area contributed by atoms with Gasteiger partial charge in [-0.2, -0.15) is 5.26 Å². The Bertz CT molecular complexity index is 308. The molecule has 0 unspecified atom stereocenters. The lowest BCUT2D eigenvalue weighted by atomic mass is 10.2. The Hall–Kier alpha value is -1.76. The highest BCUT2D eigenvalue weighted by Gasteiger charge is 2.10. The Morgan fingerprint density at radius 2 is 2.55 bits per heavy atom. The summed E-state index contributed by atoms with van der Waals surface area (Å²) in [6, 6.07) is 3.16. The molecule has 1 amide bonds. The second-order valence-corrected chi connectivity index (χ2v) is 1.84. The first-order valence-corrected chi connectivity index (χ1v) is 2.86. The van der Waals surface area contributed by atoms with Crippen LogP contribution in [0.15, 0.2) is 16.7 Å². The maximum Gasteiger partial charge on any atom is 0.252 e. The molecule has 11 heavy (non-hydrogen) atoms. The molecule has 0 fully saturated rings. The highest BCUT2D eigenvalue weighted by Crippen LogP contribution is 2.10. The normalized spacial score (nSPS) is 9.00. The summed E-state index contributed by atoms with van der Waals surface area (Å²) in [5, 5.41) is 8.23. The van der Waals surface area contributed by atoms with Crippen molar-refractivity contribution in [2.24, 2.45) is 5.73 Å². The van der Waals surface area contributed by atoms with Gasteiger partial charge in [-0.05, 0) is 6.07 Å². The predicted molar refractivity (Wildman–Crippen MR) is 36.2 cm³/mol. The molecule has 0 aliphatic heterocycles. The first-order chi connectivity index (χ1) is 5.25. The smallest absolute Gasteiger partial charge is 0.252 e. The molecule has 55 valence electrons. The third-order valence-electron chi connectivity index (χ3n) is 1.16. The van der Waals surface area contributed by atoms with E-state index in [1.54, 1.807) is 6.07 Å². The van der Waals surface area contributed by atoms with Gasteiger partial charge in [-0.3, -0.25) is 4.79 Å². The number of nitrogens with zero attached hydrogens (tertiary/aromatic N) is 1. The van der Waals surface area contributed by atoms with Gasteiger partial charge in [0, 0.05) is 0 Å². The van der Waals surface area contributed by atoms with Gasteiger partial charge < -0.3 is 10.2 Å². The molecule has 1 aromatic rings. The summed E-state index contributed by atoms with van der Waals surface area (Å²) >= 11 is 0. The number of nitrogens with two attached hydrogens (primary N) is 1. The lowest BCUT2D eigenvalue weighted by molar-refractivity contribution is 0.0999. The molecule has 1 rings (SSSR count). The zero-order chi connectivity index (χ0) is 8.27. The first-order valence-electron chi connectivity index (χ1n) is 2.86. The molecule has 0 saturated carbocycles. The number of amides is 1. The summed E-state index contributed by atoms with van der Waals surface area (Å²) in [6.45, 7) is 0. The van der Waals surface area contributed by atoms with Crippen LogP contribution in [0.2, 0.25) is 0 Å². The van der Waals surface area contributed by atoms with Crippen LogP contribution in [0.1, 0.15) is 16.1 Å². The molecule has 0 aliphatic rings. The molecule has 1 radical (unpaired) electrons. The van der Waals surface area contributed by atoms with Gasteiger partial charge in [-0.15, -0.1) is 0 Å². The van der Waals surface area contributed by atoms with Gasteiger partial charge in [0.2, 0.25) is 0 Å². The number of nitriles is 1. The quantitative estimate of drug-likeness (QED) is 0.663. The molecule has 0 aromatic carbocycles. The topological polar surface area (TPSA) is 80.0 Å². The molecule has 4 heteroatoms. The largest absolute Gasteiger partial charge is 0.467 e. The second-order valence-electron chi connectivity index (χ2n) is 1.84. The molecule has 4 nitrogen and oxygen atoms in total. The molecule has 0 aliphatic carbocycles. The van der Waals surface area contributed by atoms with Crippen molar-refractivity contribution in [3.63, 3.8) is 0 Å². The summed E-state index contributed by atoms with van der Waals surface area (Å²) in [5.74, 6) is -0.389. The number of primary amides is 1. The van der Waals surface area contributed by atoms with E-state index < -0.39 is 5.91 Å². The van der Waals surface area contributed by atoms with Crippen LogP contribution in [0.3, 0.4) is 0 Å². The van der Waals surface area contributed by atoms with Gasteiger partial charge in [0.25, 0.3) is 5.91 Å². The van der Waals surface area contributed by atoms with Crippen molar-refractivity contribution in [2.75, 3.05) is 0 Å². The molecular formula is C7H5N2O2. The van der Waals surface area contributed by atoms with E-state index in [0.29, 0.717) is 0 Å². The number of rotatable bonds is 2. The third kappa shape index (κ3) is 1.38. The van der Waals surface area contributed by atoms with Crippen molar-refractivity contribution in [1.29, 1.82) is 5.26 Å². The fraction of sp³-hybridized carbons (Fsp3) is 0. The van der Waals surface area contributed by atoms with E-state index in [-0.39, 0.29) is 11.3 Å². The lowest BCUT2D eigenvalue weighted by Gasteiger charge is -1.89. The van der Waals surface area contributed by atoms with Gasteiger partial charge in [0.1, 0.15) is 12.2 Å². The third-order valence-corrected chi connectivity index (χ3v) is 1.16. The Morgan fingerprint density at radius 1 is 1.82 bits per heavy atom. The van der Waals surface area contributed by atoms with E-state index in [4.69, 9.17) is 15.4 Å². The highest BCUT2D eigenvalue weighted by atomic mass is 16.3. The van der Waals surface area contributed by atoms with Crippen LogP contribution < -0.4 is 5.73 Å². The van der Waals surface area contributed by atoms with E-state index in [9.17, 15) is 4.79 Å². The maximum absolute atomic E-state index is 10.6. The van der Waals surface area contributed by atoms with Crippen molar-refractivity contribution < 1.29 is 9.21 Å². The molecule has 0 saturated heterocycles. The molecule has 1 heterocycles. The van der Waals surface area contributed by atoms with Gasteiger partial charge in [0.05, 0.1) is 17.9 Å². The van der Waals surface area contributed by atoms with Crippen LogP contribution >= 0.6 is 0 Å². The number of hydrogen-bond acceptors (Lipinski definition) is 3. The van der Waals surface area contributed by atoms with Crippen LogP contribution in [0, 0.1) is 17.8 Å².